The number of alkyl carbamates (subject to hydrolysis) is 1. The molecule has 16 heavy (non-hydrogen) atoms. The summed E-state index contributed by atoms with van der Waals surface area (Å²) in [6, 6.07) is 4.03. The predicted molar refractivity (Wildman–Crippen MR) is 55.3 cm³/mol. The number of amides is 1. The molecular formula is C9H7ClN2O4. The van der Waals surface area contributed by atoms with Crippen molar-refractivity contribution in [3.05, 3.63) is 38.9 Å². The molecule has 1 heterocycles. The van der Waals surface area contributed by atoms with Crippen LogP contribution in [-0.4, -0.2) is 17.6 Å². The Morgan fingerprint density at radius 3 is 2.88 bits per heavy atom. The first kappa shape index (κ1) is 10.7. The lowest BCUT2D eigenvalue weighted by molar-refractivity contribution is -0.385. The summed E-state index contributed by atoms with van der Waals surface area (Å²) in [5.74, 6) is 0. The Morgan fingerprint density at radius 1 is 1.56 bits per heavy atom. The molecule has 2 rings (SSSR count). The molecule has 1 amide bonds. The third kappa shape index (κ3) is 1.92. The number of hydrogen-bond donors (Lipinski definition) is 1. The Balaban J connectivity index is 2.35. The van der Waals surface area contributed by atoms with Crippen LogP contribution in [0.1, 0.15) is 11.7 Å². The number of carbonyl (C=O) groups is 1. The van der Waals surface area contributed by atoms with Crippen LogP contribution in [0, 0.1) is 10.1 Å². The zero-order valence-electron chi connectivity index (χ0n) is 7.97. The topological polar surface area (TPSA) is 81.5 Å². The first-order chi connectivity index (χ1) is 7.58. The molecule has 1 aromatic rings. The van der Waals surface area contributed by atoms with Crippen molar-refractivity contribution in [1.29, 1.82) is 0 Å². The highest BCUT2D eigenvalue weighted by Crippen LogP contribution is 2.30. The lowest BCUT2D eigenvalue weighted by Crippen LogP contribution is -2.12. The highest BCUT2D eigenvalue weighted by molar-refractivity contribution is 6.31. The van der Waals surface area contributed by atoms with Gasteiger partial charge in [0.05, 0.1) is 11.5 Å². The minimum absolute atomic E-state index is 0.0812. The third-order valence-corrected chi connectivity index (χ3v) is 2.56. The first-order valence-corrected chi connectivity index (χ1v) is 4.84. The fourth-order valence-electron chi connectivity index (χ4n) is 1.45. The van der Waals surface area contributed by atoms with Crippen molar-refractivity contribution in [2.24, 2.45) is 0 Å². The van der Waals surface area contributed by atoms with E-state index >= 15 is 0 Å². The maximum absolute atomic E-state index is 10.8. The van der Waals surface area contributed by atoms with Gasteiger partial charge in [-0.25, -0.2) is 4.79 Å². The molecular weight excluding hydrogens is 236 g/mol. The maximum atomic E-state index is 10.8. The van der Waals surface area contributed by atoms with Gasteiger partial charge >= 0.3 is 6.09 Å². The lowest BCUT2D eigenvalue weighted by atomic mass is 10.1. The summed E-state index contributed by atoms with van der Waals surface area (Å²) in [6.07, 6.45) is -1.12. The van der Waals surface area contributed by atoms with Crippen LogP contribution in [0.15, 0.2) is 18.2 Å². The van der Waals surface area contributed by atoms with Crippen molar-refractivity contribution in [3.8, 4) is 0 Å². The van der Waals surface area contributed by atoms with Crippen LogP contribution < -0.4 is 5.32 Å². The molecule has 7 heteroatoms. The number of nitro benzene ring substituents is 1. The Hall–Kier alpha value is -1.82. The average Bonchev–Trinajstić information content (AvgIpc) is 2.65. The van der Waals surface area contributed by atoms with Crippen molar-refractivity contribution in [2.75, 3.05) is 6.54 Å². The van der Waals surface area contributed by atoms with Gasteiger partial charge in [0.15, 0.2) is 0 Å². The van der Waals surface area contributed by atoms with Crippen molar-refractivity contribution >= 4 is 23.4 Å². The van der Waals surface area contributed by atoms with Gasteiger partial charge in [-0.15, -0.1) is 0 Å². The molecule has 0 radical (unpaired) electrons. The van der Waals surface area contributed by atoms with Crippen molar-refractivity contribution in [1.82, 2.24) is 5.32 Å². The number of rotatable bonds is 2. The molecule has 1 unspecified atom stereocenters. The number of cyclic esters (lactones) is 1. The van der Waals surface area contributed by atoms with E-state index in [2.05, 4.69) is 5.32 Å². The first-order valence-electron chi connectivity index (χ1n) is 4.46. The quantitative estimate of drug-likeness (QED) is 0.635. The van der Waals surface area contributed by atoms with E-state index in [9.17, 15) is 14.9 Å². The number of nitrogens with one attached hydrogen (secondary N) is 1. The van der Waals surface area contributed by atoms with Crippen LogP contribution in [0.4, 0.5) is 10.5 Å². The summed E-state index contributed by atoms with van der Waals surface area (Å²) in [5, 5.41) is 13.4. The van der Waals surface area contributed by atoms with Gasteiger partial charge in [0.2, 0.25) is 0 Å². The summed E-state index contributed by atoms with van der Waals surface area (Å²) in [7, 11) is 0. The van der Waals surface area contributed by atoms with E-state index in [1.54, 1.807) is 0 Å². The van der Waals surface area contributed by atoms with E-state index in [0.717, 1.165) is 0 Å². The van der Waals surface area contributed by atoms with Gasteiger partial charge < -0.3 is 10.1 Å². The number of nitrogens with zero attached hydrogens (tertiary/aromatic N) is 1. The molecule has 84 valence electrons. The summed E-state index contributed by atoms with van der Waals surface area (Å²) < 4.78 is 4.91. The monoisotopic (exact) mass is 242 g/mol. The van der Waals surface area contributed by atoms with E-state index in [0.29, 0.717) is 10.6 Å². The molecule has 1 atom stereocenters. The smallest absolute Gasteiger partial charge is 0.407 e. The Morgan fingerprint density at radius 2 is 2.31 bits per heavy atom. The van der Waals surface area contributed by atoms with Crippen molar-refractivity contribution < 1.29 is 14.5 Å². The minimum Gasteiger partial charge on any atom is -0.439 e. The fraction of sp³-hybridized carbons (Fsp3) is 0.222. The second-order valence-corrected chi connectivity index (χ2v) is 3.64. The molecule has 0 aliphatic carbocycles. The lowest BCUT2D eigenvalue weighted by Gasteiger charge is -2.09. The summed E-state index contributed by atoms with van der Waals surface area (Å²) in [6.45, 7) is 0.264. The molecule has 1 N–H and O–H groups in total. The minimum atomic E-state index is -0.570. The molecule has 1 aliphatic heterocycles. The van der Waals surface area contributed by atoms with Crippen molar-refractivity contribution in [2.45, 2.75) is 6.10 Å². The van der Waals surface area contributed by atoms with E-state index < -0.39 is 17.1 Å². The van der Waals surface area contributed by atoms with Crippen LogP contribution in [-0.2, 0) is 4.74 Å². The SMILES string of the molecule is O=C1NCC(c2cc([N+](=O)[O-])ccc2Cl)O1. The van der Waals surface area contributed by atoms with E-state index in [1.165, 1.54) is 18.2 Å². The second-order valence-electron chi connectivity index (χ2n) is 3.24. The molecule has 1 aromatic carbocycles. The Bertz CT molecular complexity index is 463. The van der Waals surface area contributed by atoms with E-state index in [1.807, 2.05) is 0 Å². The summed E-state index contributed by atoms with van der Waals surface area (Å²) in [4.78, 5) is 20.9. The van der Waals surface area contributed by atoms with Crippen LogP contribution in [0.5, 0.6) is 0 Å². The van der Waals surface area contributed by atoms with Gasteiger partial charge in [-0.3, -0.25) is 10.1 Å². The average molecular weight is 243 g/mol. The van der Waals surface area contributed by atoms with Gasteiger partial charge in [-0.2, -0.15) is 0 Å². The van der Waals surface area contributed by atoms with Crippen molar-refractivity contribution in [3.63, 3.8) is 0 Å². The number of nitro groups is 1. The standard InChI is InChI=1S/C9H7ClN2O4/c10-7-2-1-5(12(14)15)3-6(7)8-4-11-9(13)16-8/h1-3,8H,4H2,(H,11,13). The summed E-state index contributed by atoms with van der Waals surface area (Å²) in [5.41, 5.74) is 0.358. The van der Waals surface area contributed by atoms with Gasteiger partial charge in [0, 0.05) is 22.7 Å². The predicted octanol–water partition coefficient (Wildman–Crippen LogP) is 2.03. The molecule has 1 aliphatic rings. The van der Waals surface area contributed by atoms with E-state index in [-0.39, 0.29) is 12.2 Å². The molecule has 6 nitrogen and oxygen atoms in total. The Labute approximate surface area is 95.3 Å². The van der Waals surface area contributed by atoms with E-state index in [4.69, 9.17) is 16.3 Å². The van der Waals surface area contributed by atoms with Gasteiger partial charge in [0.25, 0.3) is 5.69 Å². The second kappa shape index (κ2) is 3.97. The normalized spacial score (nSPS) is 19.1. The van der Waals surface area contributed by atoms with Crippen LogP contribution >= 0.6 is 11.6 Å². The van der Waals surface area contributed by atoms with Crippen LogP contribution in [0.2, 0.25) is 5.02 Å². The highest BCUT2D eigenvalue weighted by atomic mass is 35.5. The zero-order chi connectivity index (χ0) is 11.7. The molecule has 0 bridgehead atoms. The summed E-state index contributed by atoms with van der Waals surface area (Å²) >= 11 is 5.89. The number of halogens is 1. The van der Waals surface area contributed by atoms with Gasteiger partial charge in [-0.1, -0.05) is 11.6 Å². The van der Waals surface area contributed by atoms with Gasteiger partial charge in [-0.05, 0) is 6.07 Å². The fourth-order valence-corrected chi connectivity index (χ4v) is 1.69. The number of benzene rings is 1. The maximum Gasteiger partial charge on any atom is 0.407 e. The highest BCUT2D eigenvalue weighted by Gasteiger charge is 2.27. The molecule has 1 saturated heterocycles. The largest absolute Gasteiger partial charge is 0.439 e. The Kier molecular flexibility index (Phi) is 2.66. The number of ether oxygens (including phenoxy) is 1. The molecule has 1 fully saturated rings. The van der Waals surface area contributed by atoms with Crippen LogP contribution in [0.3, 0.4) is 0 Å². The third-order valence-electron chi connectivity index (χ3n) is 2.22. The molecule has 0 saturated carbocycles. The number of non-ortho nitro benzene ring substituents is 1. The molecule has 0 aromatic heterocycles. The number of carbonyl (C=O) groups excluding carboxylic acids is 1. The number of hydrogen-bond acceptors (Lipinski definition) is 4. The molecule has 0 spiro atoms. The van der Waals surface area contributed by atoms with Crippen LogP contribution in [0.25, 0.3) is 0 Å². The zero-order valence-corrected chi connectivity index (χ0v) is 8.73. The van der Waals surface area contributed by atoms with Gasteiger partial charge in [0.1, 0.15) is 6.10 Å².